The second-order valence-corrected chi connectivity index (χ2v) is 5.81. The quantitative estimate of drug-likeness (QED) is 0.474. The second-order valence-electron chi connectivity index (χ2n) is 3.85. The Morgan fingerprint density at radius 3 is 2.83 bits per heavy atom. The third kappa shape index (κ3) is 5.12. The van der Waals surface area contributed by atoms with Gasteiger partial charge in [-0.25, -0.2) is 0 Å². The Labute approximate surface area is 113 Å². The number of nitro groups is 1. The largest absolute Gasteiger partial charge is 0.313 e. The van der Waals surface area contributed by atoms with E-state index in [0.717, 1.165) is 18.5 Å². The fourth-order valence-electron chi connectivity index (χ4n) is 1.44. The van der Waals surface area contributed by atoms with Crippen LogP contribution in [0.3, 0.4) is 0 Å². The lowest BCUT2D eigenvalue weighted by atomic mass is 10.2. The maximum Gasteiger partial charge on any atom is 0.288 e. The fraction of sp³-hybridized carbons (Fsp3) is 0.455. The molecule has 0 fully saturated rings. The summed E-state index contributed by atoms with van der Waals surface area (Å²) in [6, 6.07) is 4.74. The Hall–Kier alpha value is -0.980. The van der Waals surface area contributed by atoms with Crippen LogP contribution >= 0.6 is 11.6 Å². The molecule has 1 atom stereocenters. The van der Waals surface area contributed by atoms with Gasteiger partial charge in [-0.3, -0.25) is 14.3 Å². The Balaban J connectivity index is 2.45. The molecule has 0 bridgehead atoms. The molecule has 100 valence electrons. The van der Waals surface area contributed by atoms with Crippen LogP contribution in [0.1, 0.15) is 12.0 Å². The molecule has 0 aliphatic rings. The van der Waals surface area contributed by atoms with Crippen molar-refractivity contribution in [1.29, 1.82) is 0 Å². The summed E-state index contributed by atoms with van der Waals surface area (Å²) in [4.78, 5) is 10.2. The van der Waals surface area contributed by atoms with E-state index in [2.05, 4.69) is 5.32 Å². The SMILES string of the molecule is CS(=O)CCCNCc1ccc(Cl)c([N+](=O)[O-])c1. The summed E-state index contributed by atoms with van der Waals surface area (Å²) < 4.78 is 10.8. The van der Waals surface area contributed by atoms with Gasteiger partial charge >= 0.3 is 0 Å². The molecule has 0 aliphatic heterocycles. The molecule has 1 aromatic rings. The normalized spacial score (nSPS) is 12.3. The van der Waals surface area contributed by atoms with E-state index in [1.54, 1.807) is 12.3 Å². The number of benzene rings is 1. The molecule has 0 aliphatic carbocycles. The van der Waals surface area contributed by atoms with Gasteiger partial charge in [-0.1, -0.05) is 17.7 Å². The van der Waals surface area contributed by atoms with Crippen molar-refractivity contribution < 1.29 is 9.13 Å². The lowest BCUT2D eigenvalue weighted by Gasteiger charge is -2.05. The number of hydrogen-bond donors (Lipinski definition) is 1. The highest BCUT2D eigenvalue weighted by molar-refractivity contribution is 7.84. The molecule has 5 nitrogen and oxygen atoms in total. The molecule has 0 saturated heterocycles. The number of halogens is 1. The standard InChI is InChI=1S/C11H15ClN2O3S/c1-18(17)6-2-5-13-8-9-3-4-10(12)11(7-9)14(15)16/h3-4,7,13H,2,5-6,8H2,1H3. The molecule has 0 radical (unpaired) electrons. The Morgan fingerprint density at radius 1 is 1.50 bits per heavy atom. The molecule has 0 amide bonds. The van der Waals surface area contributed by atoms with Crippen molar-refractivity contribution in [1.82, 2.24) is 5.32 Å². The first-order valence-corrected chi connectivity index (χ1v) is 7.55. The molecule has 0 saturated carbocycles. The topological polar surface area (TPSA) is 72.2 Å². The Morgan fingerprint density at radius 2 is 2.22 bits per heavy atom. The van der Waals surface area contributed by atoms with Gasteiger partial charge in [0.15, 0.2) is 0 Å². The minimum absolute atomic E-state index is 0.0781. The Bertz CT molecular complexity index is 454. The summed E-state index contributed by atoms with van der Waals surface area (Å²) >= 11 is 5.71. The number of nitro benzene ring substituents is 1. The molecule has 1 unspecified atom stereocenters. The van der Waals surface area contributed by atoms with E-state index < -0.39 is 15.7 Å². The lowest BCUT2D eigenvalue weighted by Crippen LogP contribution is -2.16. The third-order valence-electron chi connectivity index (χ3n) is 2.32. The number of rotatable bonds is 7. The Kier molecular flexibility index (Phi) is 6.24. The lowest BCUT2D eigenvalue weighted by molar-refractivity contribution is -0.384. The van der Waals surface area contributed by atoms with Crippen LogP contribution in [0.2, 0.25) is 5.02 Å². The number of nitrogens with one attached hydrogen (secondary N) is 1. The summed E-state index contributed by atoms with van der Waals surface area (Å²) in [6.07, 6.45) is 2.49. The van der Waals surface area contributed by atoms with Gasteiger partial charge in [0.25, 0.3) is 5.69 Å². The van der Waals surface area contributed by atoms with E-state index in [9.17, 15) is 14.3 Å². The molecule has 18 heavy (non-hydrogen) atoms. The van der Waals surface area contributed by atoms with Crippen LogP contribution < -0.4 is 5.32 Å². The molecular formula is C11H15ClN2O3S. The van der Waals surface area contributed by atoms with Crippen molar-refractivity contribution >= 4 is 28.1 Å². The highest BCUT2D eigenvalue weighted by Crippen LogP contribution is 2.24. The van der Waals surface area contributed by atoms with Crippen molar-refractivity contribution in [2.24, 2.45) is 0 Å². The van der Waals surface area contributed by atoms with Crippen molar-refractivity contribution in [3.63, 3.8) is 0 Å². The summed E-state index contributed by atoms with van der Waals surface area (Å²) in [5.74, 6) is 0.660. The fourth-order valence-corrected chi connectivity index (χ4v) is 2.18. The summed E-state index contributed by atoms with van der Waals surface area (Å²) in [5, 5.41) is 14.0. The van der Waals surface area contributed by atoms with Crippen LogP contribution in [-0.4, -0.2) is 27.7 Å². The second kappa shape index (κ2) is 7.45. The van der Waals surface area contributed by atoms with Crippen molar-refractivity contribution in [3.05, 3.63) is 38.9 Å². The maximum atomic E-state index is 10.8. The van der Waals surface area contributed by atoms with E-state index in [0.29, 0.717) is 12.3 Å². The average molecular weight is 291 g/mol. The van der Waals surface area contributed by atoms with Gasteiger partial charge in [0.1, 0.15) is 5.02 Å². The first-order chi connectivity index (χ1) is 8.50. The van der Waals surface area contributed by atoms with E-state index in [1.165, 1.54) is 12.1 Å². The van der Waals surface area contributed by atoms with Crippen molar-refractivity contribution in [2.45, 2.75) is 13.0 Å². The smallest absolute Gasteiger partial charge is 0.288 e. The van der Waals surface area contributed by atoms with Gasteiger partial charge in [0, 0.05) is 35.4 Å². The van der Waals surface area contributed by atoms with E-state index >= 15 is 0 Å². The van der Waals surface area contributed by atoms with Gasteiger partial charge in [-0.15, -0.1) is 0 Å². The molecule has 1 N–H and O–H groups in total. The minimum atomic E-state index is -0.773. The van der Waals surface area contributed by atoms with Crippen LogP contribution in [0.25, 0.3) is 0 Å². The van der Waals surface area contributed by atoms with E-state index in [-0.39, 0.29) is 10.7 Å². The minimum Gasteiger partial charge on any atom is -0.313 e. The molecular weight excluding hydrogens is 276 g/mol. The molecule has 0 spiro atoms. The number of nitrogens with zero attached hydrogens (tertiary/aromatic N) is 1. The third-order valence-corrected chi connectivity index (χ3v) is 3.50. The van der Waals surface area contributed by atoms with Gasteiger partial charge in [-0.05, 0) is 24.6 Å². The van der Waals surface area contributed by atoms with Crippen LogP contribution in [0.5, 0.6) is 0 Å². The molecule has 7 heteroatoms. The van der Waals surface area contributed by atoms with E-state index in [4.69, 9.17) is 11.6 Å². The highest BCUT2D eigenvalue weighted by atomic mass is 35.5. The first-order valence-electron chi connectivity index (χ1n) is 5.44. The highest BCUT2D eigenvalue weighted by Gasteiger charge is 2.12. The number of hydrogen-bond acceptors (Lipinski definition) is 4. The monoisotopic (exact) mass is 290 g/mol. The van der Waals surface area contributed by atoms with E-state index in [1.807, 2.05) is 0 Å². The zero-order valence-electron chi connectivity index (χ0n) is 10.0. The summed E-state index contributed by atoms with van der Waals surface area (Å²) in [6.45, 7) is 1.27. The van der Waals surface area contributed by atoms with Crippen LogP contribution in [0.4, 0.5) is 5.69 Å². The average Bonchev–Trinajstić information content (AvgIpc) is 2.30. The zero-order valence-corrected chi connectivity index (χ0v) is 11.6. The van der Waals surface area contributed by atoms with Crippen LogP contribution in [-0.2, 0) is 17.3 Å². The van der Waals surface area contributed by atoms with Gasteiger partial charge in [-0.2, -0.15) is 0 Å². The summed E-state index contributed by atoms with van der Waals surface area (Å²) in [5.41, 5.74) is 0.731. The zero-order chi connectivity index (χ0) is 13.5. The van der Waals surface area contributed by atoms with Crippen molar-refractivity contribution in [2.75, 3.05) is 18.6 Å². The van der Waals surface area contributed by atoms with Crippen LogP contribution in [0.15, 0.2) is 18.2 Å². The molecule has 1 rings (SSSR count). The summed E-state index contributed by atoms with van der Waals surface area (Å²) in [7, 11) is -0.773. The van der Waals surface area contributed by atoms with Gasteiger partial charge in [0.05, 0.1) is 4.92 Å². The van der Waals surface area contributed by atoms with Gasteiger partial charge in [0.2, 0.25) is 0 Å². The maximum absolute atomic E-state index is 10.8. The molecule has 1 aromatic carbocycles. The molecule has 0 heterocycles. The van der Waals surface area contributed by atoms with Crippen LogP contribution in [0, 0.1) is 10.1 Å². The molecule has 0 aromatic heterocycles. The van der Waals surface area contributed by atoms with Crippen molar-refractivity contribution in [3.8, 4) is 0 Å². The predicted octanol–water partition coefficient (Wildman–Crippen LogP) is 2.11. The first kappa shape index (κ1) is 15.1. The predicted molar refractivity (Wildman–Crippen MR) is 73.4 cm³/mol. The van der Waals surface area contributed by atoms with Gasteiger partial charge < -0.3 is 5.32 Å².